The fraction of sp³-hybridized carbons (Fsp3) is 0.300. The Bertz CT molecular complexity index is 1050. The van der Waals surface area contributed by atoms with E-state index in [1.165, 1.54) is 31.2 Å². The summed E-state index contributed by atoms with van der Waals surface area (Å²) < 4.78 is 20.1. The predicted octanol–water partition coefficient (Wildman–Crippen LogP) is 2.69. The summed E-state index contributed by atoms with van der Waals surface area (Å²) in [6.07, 6.45) is 0.752. The van der Waals surface area contributed by atoms with Crippen molar-refractivity contribution in [3.05, 3.63) is 53.6 Å². The van der Waals surface area contributed by atoms with Gasteiger partial charge in [-0.2, -0.15) is 5.10 Å². The number of rotatable bonds is 5. The quantitative estimate of drug-likeness (QED) is 0.643. The van der Waals surface area contributed by atoms with Crippen molar-refractivity contribution >= 4 is 22.8 Å². The van der Waals surface area contributed by atoms with Crippen molar-refractivity contribution in [3.8, 4) is 5.75 Å². The van der Waals surface area contributed by atoms with E-state index in [1.54, 1.807) is 23.9 Å². The van der Waals surface area contributed by atoms with Gasteiger partial charge >= 0.3 is 0 Å². The van der Waals surface area contributed by atoms with Gasteiger partial charge in [0, 0.05) is 11.4 Å². The molecule has 2 N–H and O–H groups in total. The topological polar surface area (TPSA) is 98.1 Å². The molecule has 0 radical (unpaired) electrons. The Labute approximate surface area is 167 Å². The number of carbonyl (C=O) groups is 2. The van der Waals surface area contributed by atoms with E-state index < -0.39 is 23.7 Å². The maximum absolute atomic E-state index is 12.9. The first-order chi connectivity index (χ1) is 13.8. The van der Waals surface area contributed by atoms with E-state index >= 15 is 0 Å². The zero-order chi connectivity index (χ0) is 21.1. The third-order valence-corrected chi connectivity index (χ3v) is 4.29. The first-order valence-electron chi connectivity index (χ1n) is 9.13. The first kappa shape index (κ1) is 20.2. The van der Waals surface area contributed by atoms with Gasteiger partial charge in [-0.3, -0.25) is 20.4 Å². The summed E-state index contributed by atoms with van der Waals surface area (Å²) in [6.45, 7) is 7.22. The SMILES string of the molecule is Cc1nc2c(cnn2C(C)C)cc1C(=O)NNC(=O)C(C)Oc1ccc(F)cc1. The third kappa shape index (κ3) is 4.50. The number of hydrogen-bond donors (Lipinski definition) is 2. The van der Waals surface area contributed by atoms with Gasteiger partial charge in [-0.15, -0.1) is 0 Å². The average Bonchev–Trinajstić information content (AvgIpc) is 3.09. The van der Waals surface area contributed by atoms with E-state index in [4.69, 9.17) is 4.74 Å². The van der Waals surface area contributed by atoms with Crippen molar-refractivity contribution in [3.63, 3.8) is 0 Å². The van der Waals surface area contributed by atoms with Crippen molar-refractivity contribution in [1.82, 2.24) is 25.6 Å². The van der Waals surface area contributed by atoms with Crippen LogP contribution in [0.3, 0.4) is 0 Å². The number of aromatic nitrogens is 3. The molecule has 1 unspecified atom stereocenters. The van der Waals surface area contributed by atoms with Crippen molar-refractivity contribution in [2.75, 3.05) is 0 Å². The summed E-state index contributed by atoms with van der Waals surface area (Å²) in [5.41, 5.74) is 6.23. The number of benzene rings is 1. The van der Waals surface area contributed by atoms with E-state index in [2.05, 4.69) is 20.9 Å². The largest absolute Gasteiger partial charge is 0.481 e. The molecule has 0 fully saturated rings. The number of nitrogens with one attached hydrogen (secondary N) is 2. The van der Waals surface area contributed by atoms with Crippen LogP contribution in [0.4, 0.5) is 4.39 Å². The van der Waals surface area contributed by atoms with Gasteiger partial charge in [-0.25, -0.2) is 14.1 Å². The summed E-state index contributed by atoms with van der Waals surface area (Å²) in [5, 5.41) is 5.02. The highest BCUT2D eigenvalue weighted by Crippen LogP contribution is 2.19. The van der Waals surface area contributed by atoms with Crippen LogP contribution in [0.2, 0.25) is 0 Å². The molecule has 2 heterocycles. The number of amides is 2. The van der Waals surface area contributed by atoms with Crippen molar-refractivity contribution in [2.24, 2.45) is 0 Å². The molecule has 8 nitrogen and oxygen atoms in total. The van der Waals surface area contributed by atoms with E-state index in [0.29, 0.717) is 22.7 Å². The molecule has 2 amide bonds. The fourth-order valence-electron chi connectivity index (χ4n) is 2.73. The first-order valence-corrected chi connectivity index (χ1v) is 9.13. The third-order valence-electron chi connectivity index (χ3n) is 4.29. The Kier molecular flexibility index (Phi) is 5.76. The van der Waals surface area contributed by atoms with Gasteiger partial charge in [0.2, 0.25) is 0 Å². The van der Waals surface area contributed by atoms with Gasteiger partial charge < -0.3 is 4.74 Å². The van der Waals surface area contributed by atoms with Gasteiger partial charge in [0.1, 0.15) is 11.6 Å². The molecule has 0 aliphatic carbocycles. The van der Waals surface area contributed by atoms with Crippen molar-refractivity contribution < 1.29 is 18.7 Å². The molecule has 29 heavy (non-hydrogen) atoms. The second-order valence-electron chi connectivity index (χ2n) is 6.87. The van der Waals surface area contributed by atoms with Crippen LogP contribution < -0.4 is 15.6 Å². The molecule has 0 aliphatic heterocycles. The van der Waals surface area contributed by atoms with Crippen molar-refractivity contribution in [1.29, 1.82) is 0 Å². The minimum Gasteiger partial charge on any atom is -0.481 e. The molecule has 1 atom stereocenters. The van der Waals surface area contributed by atoms with Crippen LogP contribution in [-0.4, -0.2) is 32.7 Å². The normalized spacial score (nSPS) is 12.1. The van der Waals surface area contributed by atoms with Gasteiger partial charge in [-0.05, 0) is 58.0 Å². The zero-order valence-electron chi connectivity index (χ0n) is 16.6. The lowest BCUT2D eigenvalue weighted by Crippen LogP contribution is -2.47. The molecule has 3 rings (SSSR count). The van der Waals surface area contributed by atoms with Gasteiger partial charge in [-0.1, -0.05) is 0 Å². The molecule has 3 aromatic rings. The maximum Gasteiger partial charge on any atom is 0.279 e. The number of hydrazine groups is 1. The van der Waals surface area contributed by atoms with E-state index in [-0.39, 0.29) is 6.04 Å². The predicted molar refractivity (Wildman–Crippen MR) is 105 cm³/mol. The van der Waals surface area contributed by atoms with Crippen LogP contribution in [0.1, 0.15) is 42.9 Å². The molecule has 1 aromatic carbocycles. The van der Waals surface area contributed by atoms with Crippen LogP contribution in [-0.2, 0) is 4.79 Å². The Hall–Kier alpha value is -3.49. The number of fused-ring (bicyclic) bond motifs is 1. The Morgan fingerprint density at radius 3 is 2.48 bits per heavy atom. The van der Waals surface area contributed by atoms with Crippen molar-refractivity contribution in [2.45, 2.75) is 39.8 Å². The van der Waals surface area contributed by atoms with E-state index in [0.717, 1.165) is 5.39 Å². The lowest BCUT2D eigenvalue weighted by atomic mass is 10.1. The number of aryl methyl sites for hydroxylation is 1. The number of halogens is 1. The summed E-state index contributed by atoms with van der Waals surface area (Å²) in [7, 11) is 0. The van der Waals surface area contributed by atoms with Gasteiger partial charge in [0.05, 0.1) is 17.5 Å². The second-order valence-corrected chi connectivity index (χ2v) is 6.87. The smallest absolute Gasteiger partial charge is 0.279 e. The number of pyridine rings is 1. The van der Waals surface area contributed by atoms with Crippen LogP contribution in [0.15, 0.2) is 36.5 Å². The molecule has 0 saturated carbocycles. The van der Waals surface area contributed by atoms with Gasteiger partial charge in [0.15, 0.2) is 11.8 Å². The Morgan fingerprint density at radius 1 is 1.14 bits per heavy atom. The van der Waals surface area contributed by atoms with Crippen LogP contribution in [0.5, 0.6) is 5.75 Å². The number of carbonyl (C=O) groups excluding carboxylic acids is 2. The minimum absolute atomic E-state index is 0.140. The van der Waals surface area contributed by atoms with Crippen LogP contribution >= 0.6 is 0 Å². The fourth-order valence-corrected chi connectivity index (χ4v) is 2.73. The summed E-state index contributed by atoms with van der Waals surface area (Å²) in [6, 6.07) is 7.12. The standard InChI is InChI=1S/C20H22FN5O3/c1-11(2)26-18-14(10-22-26)9-17(12(3)23-18)20(28)25-24-19(27)13(4)29-16-7-5-15(21)6-8-16/h5-11,13H,1-4H3,(H,24,27)(H,25,28). The highest BCUT2D eigenvalue weighted by molar-refractivity contribution is 5.99. The van der Waals surface area contributed by atoms with E-state index in [9.17, 15) is 14.0 Å². The van der Waals surface area contributed by atoms with Crippen LogP contribution in [0.25, 0.3) is 11.0 Å². The molecule has 0 spiro atoms. The van der Waals surface area contributed by atoms with Crippen LogP contribution in [0, 0.1) is 12.7 Å². The molecular weight excluding hydrogens is 377 g/mol. The highest BCUT2D eigenvalue weighted by Gasteiger charge is 2.18. The molecule has 0 bridgehead atoms. The second kappa shape index (κ2) is 8.26. The number of nitrogens with zero attached hydrogens (tertiary/aromatic N) is 3. The number of ether oxygens (including phenoxy) is 1. The summed E-state index contributed by atoms with van der Waals surface area (Å²) in [5.74, 6) is -1.12. The number of hydrogen-bond acceptors (Lipinski definition) is 5. The van der Waals surface area contributed by atoms with Gasteiger partial charge in [0.25, 0.3) is 11.8 Å². The van der Waals surface area contributed by atoms with E-state index in [1.807, 2.05) is 13.8 Å². The molecule has 0 saturated heterocycles. The Morgan fingerprint density at radius 2 is 1.83 bits per heavy atom. The monoisotopic (exact) mass is 399 g/mol. The zero-order valence-corrected chi connectivity index (χ0v) is 16.6. The minimum atomic E-state index is -0.897. The molecule has 2 aromatic heterocycles. The molecular formula is C20H22FN5O3. The maximum atomic E-state index is 12.9. The average molecular weight is 399 g/mol. The molecule has 152 valence electrons. The molecule has 0 aliphatic rings. The lowest BCUT2D eigenvalue weighted by molar-refractivity contribution is -0.128. The highest BCUT2D eigenvalue weighted by atomic mass is 19.1. The summed E-state index contributed by atoms with van der Waals surface area (Å²) in [4.78, 5) is 29.1. The lowest BCUT2D eigenvalue weighted by Gasteiger charge is -2.15. The molecule has 9 heteroatoms. The summed E-state index contributed by atoms with van der Waals surface area (Å²) >= 11 is 0. The Balaban J connectivity index is 1.64.